The maximum absolute atomic E-state index is 10.5. The molecule has 1 heterocycles. The summed E-state index contributed by atoms with van der Waals surface area (Å²) >= 11 is 3.42. The van der Waals surface area contributed by atoms with Crippen molar-refractivity contribution in [2.24, 2.45) is 0 Å². The number of H-pyrrole nitrogens is 1. The Morgan fingerprint density at radius 1 is 1.59 bits per heavy atom. The fraction of sp³-hybridized carbons (Fsp3) is 0.250. The van der Waals surface area contributed by atoms with E-state index in [2.05, 4.69) is 26.2 Å². The number of carboxylic acid groups (broad SMARTS) is 1. The molecule has 0 saturated carbocycles. The molecule has 2 aromatic rings. The predicted octanol–water partition coefficient (Wildman–Crippen LogP) is 3.13. The fourth-order valence-corrected chi connectivity index (χ4v) is 2.28. The second-order valence-electron chi connectivity index (χ2n) is 4.06. The van der Waals surface area contributed by atoms with E-state index in [0.29, 0.717) is 6.42 Å². The first-order chi connectivity index (χ1) is 8.06. The summed E-state index contributed by atoms with van der Waals surface area (Å²) in [6, 6.07) is 5.91. The number of hydrogen-bond acceptors (Lipinski definition) is 1. The zero-order chi connectivity index (χ0) is 12.4. The zero-order valence-corrected chi connectivity index (χ0v) is 10.9. The number of aromatic nitrogens is 1. The van der Waals surface area contributed by atoms with Crippen LogP contribution in [0.4, 0.5) is 4.79 Å². The molecule has 1 amide bonds. The molecule has 0 radical (unpaired) electrons. The Balaban J connectivity index is 2.22. The van der Waals surface area contributed by atoms with Crippen molar-refractivity contribution in [2.75, 3.05) is 0 Å². The maximum Gasteiger partial charge on any atom is 0.404 e. The molecule has 1 aromatic carbocycles. The van der Waals surface area contributed by atoms with Gasteiger partial charge in [0.15, 0.2) is 0 Å². The summed E-state index contributed by atoms with van der Waals surface area (Å²) in [7, 11) is 0. The molecular formula is C12H13BrN2O2. The largest absolute Gasteiger partial charge is 0.465 e. The highest BCUT2D eigenvalue weighted by Gasteiger charge is 2.10. The van der Waals surface area contributed by atoms with E-state index in [-0.39, 0.29) is 6.04 Å². The van der Waals surface area contributed by atoms with Gasteiger partial charge in [-0.1, -0.05) is 22.0 Å². The first-order valence-electron chi connectivity index (χ1n) is 5.31. The summed E-state index contributed by atoms with van der Waals surface area (Å²) in [6.45, 7) is 1.85. The molecule has 2 rings (SSSR count). The molecule has 1 atom stereocenters. The molecule has 5 heteroatoms. The van der Waals surface area contributed by atoms with E-state index in [1.54, 1.807) is 0 Å². The summed E-state index contributed by atoms with van der Waals surface area (Å²) in [4.78, 5) is 13.7. The van der Waals surface area contributed by atoms with E-state index in [9.17, 15) is 4.79 Å². The van der Waals surface area contributed by atoms with Crippen LogP contribution >= 0.6 is 15.9 Å². The topological polar surface area (TPSA) is 65.1 Å². The van der Waals surface area contributed by atoms with Gasteiger partial charge in [0.25, 0.3) is 0 Å². The molecule has 4 nitrogen and oxygen atoms in total. The lowest BCUT2D eigenvalue weighted by Crippen LogP contribution is -2.32. The quantitative estimate of drug-likeness (QED) is 0.815. The molecule has 0 aliphatic carbocycles. The van der Waals surface area contributed by atoms with E-state index < -0.39 is 6.09 Å². The minimum atomic E-state index is -0.986. The number of aromatic amines is 1. The molecule has 0 aliphatic rings. The van der Waals surface area contributed by atoms with Crippen molar-refractivity contribution in [2.45, 2.75) is 19.4 Å². The fourth-order valence-electron chi connectivity index (χ4n) is 1.92. The van der Waals surface area contributed by atoms with Crippen LogP contribution in [0.15, 0.2) is 28.9 Å². The van der Waals surface area contributed by atoms with Gasteiger partial charge in [-0.25, -0.2) is 4.79 Å². The van der Waals surface area contributed by atoms with Crippen LogP contribution in [0.2, 0.25) is 0 Å². The van der Waals surface area contributed by atoms with Crippen LogP contribution in [-0.4, -0.2) is 22.2 Å². The highest BCUT2D eigenvalue weighted by atomic mass is 79.9. The number of rotatable bonds is 3. The Labute approximate surface area is 107 Å². The van der Waals surface area contributed by atoms with Gasteiger partial charge in [0, 0.05) is 27.6 Å². The number of amides is 1. The Morgan fingerprint density at radius 3 is 3.06 bits per heavy atom. The SMILES string of the molecule is CC(Cc1c[nH]c2cc(Br)ccc12)NC(=O)O. The van der Waals surface area contributed by atoms with Crippen LogP contribution in [0.25, 0.3) is 10.9 Å². The van der Waals surface area contributed by atoms with Crippen molar-refractivity contribution in [3.05, 3.63) is 34.4 Å². The van der Waals surface area contributed by atoms with Crippen LogP contribution in [-0.2, 0) is 6.42 Å². The minimum absolute atomic E-state index is 0.102. The second kappa shape index (κ2) is 4.79. The van der Waals surface area contributed by atoms with Gasteiger partial charge in [-0.05, 0) is 31.0 Å². The Kier molecular flexibility index (Phi) is 3.38. The first-order valence-corrected chi connectivity index (χ1v) is 6.10. The van der Waals surface area contributed by atoms with Crippen molar-refractivity contribution >= 4 is 32.9 Å². The van der Waals surface area contributed by atoms with E-state index in [0.717, 1.165) is 20.9 Å². The van der Waals surface area contributed by atoms with E-state index in [1.807, 2.05) is 31.3 Å². The summed E-state index contributed by atoms with van der Waals surface area (Å²) in [5.74, 6) is 0. The van der Waals surface area contributed by atoms with Gasteiger partial charge >= 0.3 is 6.09 Å². The maximum atomic E-state index is 10.5. The second-order valence-corrected chi connectivity index (χ2v) is 4.97. The molecule has 1 unspecified atom stereocenters. The summed E-state index contributed by atoms with van der Waals surface area (Å²) in [6.07, 6.45) is 1.62. The van der Waals surface area contributed by atoms with Gasteiger partial charge in [-0.15, -0.1) is 0 Å². The van der Waals surface area contributed by atoms with Crippen molar-refractivity contribution in [1.82, 2.24) is 10.3 Å². The third-order valence-corrected chi connectivity index (χ3v) is 3.12. The van der Waals surface area contributed by atoms with Crippen LogP contribution < -0.4 is 5.32 Å². The third kappa shape index (κ3) is 2.79. The smallest absolute Gasteiger partial charge is 0.404 e. The Morgan fingerprint density at radius 2 is 2.35 bits per heavy atom. The minimum Gasteiger partial charge on any atom is -0.465 e. The number of halogens is 1. The van der Waals surface area contributed by atoms with Crippen LogP contribution in [0.3, 0.4) is 0 Å². The number of carbonyl (C=O) groups is 1. The predicted molar refractivity (Wildman–Crippen MR) is 70.3 cm³/mol. The van der Waals surface area contributed by atoms with Gasteiger partial charge in [-0.3, -0.25) is 0 Å². The van der Waals surface area contributed by atoms with Crippen LogP contribution in [0.5, 0.6) is 0 Å². The molecule has 3 N–H and O–H groups in total. The first kappa shape index (κ1) is 12.0. The molecule has 1 aromatic heterocycles. The number of fused-ring (bicyclic) bond motifs is 1. The summed E-state index contributed by atoms with van der Waals surface area (Å²) < 4.78 is 1.02. The summed E-state index contributed by atoms with van der Waals surface area (Å²) in [5, 5.41) is 12.2. The molecule has 17 heavy (non-hydrogen) atoms. The van der Waals surface area contributed by atoms with E-state index in [1.165, 1.54) is 0 Å². The van der Waals surface area contributed by atoms with Crippen LogP contribution in [0, 0.1) is 0 Å². The van der Waals surface area contributed by atoms with Crippen molar-refractivity contribution in [3.63, 3.8) is 0 Å². The standard InChI is InChI=1S/C12H13BrN2O2/c1-7(15-12(16)17)4-8-6-14-11-5-9(13)2-3-10(8)11/h2-3,5-7,14-15H,4H2,1H3,(H,16,17). The van der Waals surface area contributed by atoms with Gasteiger partial charge in [-0.2, -0.15) is 0 Å². The molecular weight excluding hydrogens is 284 g/mol. The highest BCUT2D eigenvalue weighted by Crippen LogP contribution is 2.23. The highest BCUT2D eigenvalue weighted by molar-refractivity contribution is 9.10. The van der Waals surface area contributed by atoms with E-state index in [4.69, 9.17) is 5.11 Å². The molecule has 0 aliphatic heterocycles. The molecule has 90 valence electrons. The molecule has 0 spiro atoms. The van der Waals surface area contributed by atoms with Gasteiger partial charge < -0.3 is 15.4 Å². The number of hydrogen-bond donors (Lipinski definition) is 3. The van der Waals surface area contributed by atoms with Crippen molar-refractivity contribution < 1.29 is 9.90 Å². The monoisotopic (exact) mass is 296 g/mol. The zero-order valence-electron chi connectivity index (χ0n) is 9.33. The number of benzene rings is 1. The van der Waals surface area contributed by atoms with Gasteiger partial charge in [0.05, 0.1) is 0 Å². The lowest BCUT2D eigenvalue weighted by Gasteiger charge is -2.10. The Hall–Kier alpha value is -1.49. The normalized spacial score (nSPS) is 12.6. The average Bonchev–Trinajstić information content (AvgIpc) is 2.59. The van der Waals surface area contributed by atoms with Gasteiger partial charge in [0.1, 0.15) is 0 Å². The number of nitrogens with one attached hydrogen (secondary N) is 2. The van der Waals surface area contributed by atoms with Gasteiger partial charge in [0.2, 0.25) is 0 Å². The third-order valence-electron chi connectivity index (χ3n) is 2.63. The summed E-state index contributed by atoms with van der Waals surface area (Å²) in [5.41, 5.74) is 2.17. The molecule has 0 bridgehead atoms. The lowest BCUT2D eigenvalue weighted by molar-refractivity contribution is 0.190. The van der Waals surface area contributed by atoms with Crippen molar-refractivity contribution in [3.8, 4) is 0 Å². The average molecular weight is 297 g/mol. The lowest BCUT2D eigenvalue weighted by atomic mass is 10.1. The van der Waals surface area contributed by atoms with Crippen LogP contribution in [0.1, 0.15) is 12.5 Å². The molecule has 0 saturated heterocycles. The van der Waals surface area contributed by atoms with E-state index >= 15 is 0 Å². The Bertz CT molecular complexity index is 550. The van der Waals surface area contributed by atoms with Crippen molar-refractivity contribution in [1.29, 1.82) is 0 Å². The molecule has 0 fully saturated rings.